The summed E-state index contributed by atoms with van der Waals surface area (Å²) in [5.74, 6) is -0.787. The number of hydrogen-bond acceptors (Lipinski definition) is 6. The van der Waals surface area contributed by atoms with Gasteiger partial charge in [0, 0.05) is 19.5 Å². The predicted octanol–water partition coefficient (Wildman–Crippen LogP) is 0.697. The van der Waals surface area contributed by atoms with Gasteiger partial charge < -0.3 is 30.8 Å². The van der Waals surface area contributed by atoms with E-state index in [0.717, 1.165) is 30.6 Å². The minimum atomic E-state index is -0.394. The van der Waals surface area contributed by atoms with Crippen LogP contribution >= 0.6 is 0 Å². The second-order valence-electron chi connectivity index (χ2n) is 7.67. The van der Waals surface area contributed by atoms with Gasteiger partial charge in [-0.2, -0.15) is 0 Å². The number of hydrogen-bond donors (Lipinski definition) is 2. The summed E-state index contributed by atoms with van der Waals surface area (Å²) in [7, 11) is 0. The van der Waals surface area contributed by atoms with Crippen molar-refractivity contribution < 1.29 is 26.7 Å². The molecule has 2 atom stereocenters. The van der Waals surface area contributed by atoms with Crippen LogP contribution in [0.2, 0.25) is 0 Å². The summed E-state index contributed by atoms with van der Waals surface area (Å²) in [4.78, 5) is 8.64. The van der Waals surface area contributed by atoms with E-state index in [1.807, 2.05) is 60.7 Å². The van der Waals surface area contributed by atoms with Crippen LogP contribution in [-0.2, 0) is 29.3 Å². The fourth-order valence-electron chi connectivity index (χ4n) is 3.60. The number of aliphatic imine (C=N–C) groups is 2. The molecular weight excluding hydrogens is 435 g/mol. The molecule has 168 valence electrons. The van der Waals surface area contributed by atoms with E-state index in [2.05, 4.69) is 20.6 Å². The number of rotatable bonds is 4. The molecule has 0 bridgehead atoms. The first-order valence-corrected chi connectivity index (χ1v) is 10.7. The fraction of sp³-hybridized carbons (Fsp3) is 0.417. The molecule has 2 N–H and O–H groups in total. The Kier molecular flexibility index (Phi) is 11.3. The molecule has 2 aromatic rings. The Hall–Kier alpha value is -2.21. The van der Waals surface area contributed by atoms with Gasteiger partial charge in [-0.05, 0) is 55.3 Å². The second kappa shape index (κ2) is 14.0. The summed E-state index contributed by atoms with van der Waals surface area (Å²) in [6.07, 6.45) is 2.02. The molecule has 7 heteroatoms. The Labute approximate surface area is 194 Å². The third kappa shape index (κ3) is 9.64. The molecule has 0 radical (unpaired) electrons. The standard InChI is InChI=1S/C24H32N4O2.Ni/c29-23-16-24(30)28-22(15-20-10-5-2-6-11-20)18-26-13-7-12-25-17-21(27-23)14-19-8-3-1-4-9-19;/h1-6,8-11,21-22,25-26H,7,12-18H2,(H,27,29)(H,28,30);/q;+2/p-2/t21-,22-;/m0./s1. The molecule has 6 nitrogen and oxygen atoms in total. The zero-order valence-electron chi connectivity index (χ0n) is 17.6. The monoisotopic (exact) mass is 464 g/mol. The molecule has 0 saturated heterocycles. The molecule has 1 heterocycles. The van der Waals surface area contributed by atoms with Gasteiger partial charge in [0.15, 0.2) is 0 Å². The summed E-state index contributed by atoms with van der Waals surface area (Å²) >= 11 is 0. The van der Waals surface area contributed by atoms with Crippen molar-refractivity contribution in [3.05, 3.63) is 71.8 Å². The van der Waals surface area contributed by atoms with Crippen molar-refractivity contribution in [3.8, 4) is 0 Å². The average Bonchev–Trinajstić information content (AvgIpc) is 2.73. The molecule has 0 unspecified atom stereocenters. The van der Waals surface area contributed by atoms with E-state index in [0.29, 0.717) is 25.9 Å². The van der Waals surface area contributed by atoms with Crippen LogP contribution in [0.5, 0.6) is 0 Å². The third-order valence-corrected chi connectivity index (χ3v) is 5.05. The van der Waals surface area contributed by atoms with E-state index in [1.54, 1.807) is 0 Å². The van der Waals surface area contributed by atoms with Gasteiger partial charge >= 0.3 is 16.5 Å². The van der Waals surface area contributed by atoms with Crippen LogP contribution in [0.4, 0.5) is 0 Å². The largest absolute Gasteiger partial charge is 2.00 e. The van der Waals surface area contributed by atoms with Crippen molar-refractivity contribution in [2.75, 3.05) is 26.2 Å². The van der Waals surface area contributed by atoms with Crippen LogP contribution in [0.1, 0.15) is 24.0 Å². The number of benzene rings is 2. The molecule has 0 aliphatic carbocycles. The Morgan fingerprint density at radius 3 is 1.55 bits per heavy atom. The van der Waals surface area contributed by atoms with Gasteiger partial charge in [-0.25, -0.2) is 0 Å². The average molecular weight is 465 g/mol. The molecule has 0 fully saturated rings. The van der Waals surface area contributed by atoms with Crippen LogP contribution in [-0.4, -0.2) is 50.1 Å². The molecule has 1 aliphatic rings. The Bertz CT molecular complexity index is 747. The van der Waals surface area contributed by atoms with E-state index in [9.17, 15) is 10.2 Å². The zero-order valence-corrected chi connectivity index (χ0v) is 18.6. The topological polar surface area (TPSA) is 94.9 Å². The molecule has 0 aromatic heterocycles. The number of nitrogens with zero attached hydrogens (tertiary/aromatic N) is 2. The molecular formula is C24H30N4NiO2. The van der Waals surface area contributed by atoms with Gasteiger partial charge in [0.05, 0.1) is 12.1 Å². The first kappa shape index (κ1) is 25.1. The smallest absolute Gasteiger partial charge is 0.862 e. The summed E-state index contributed by atoms with van der Waals surface area (Å²) in [5.41, 5.74) is 2.25. The van der Waals surface area contributed by atoms with E-state index >= 15 is 0 Å². The summed E-state index contributed by atoms with van der Waals surface area (Å²) in [5, 5.41) is 31.7. The van der Waals surface area contributed by atoms with Crippen LogP contribution in [0, 0.1) is 0 Å². The maximum absolute atomic E-state index is 12.4. The van der Waals surface area contributed by atoms with E-state index in [4.69, 9.17) is 0 Å². The Balaban J connectivity index is 0.00000341. The van der Waals surface area contributed by atoms with Gasteiger partial charge in [-0.1, -0.05) is 60.7 Å². The van der Waals surface area contributed by atoms with Crippen LogP contribution in [0.15, 0.2) is 70.6 Å². The minimum absolute atomic E-state index is 0. The van der Waals surface area contributed by atoms with Crippen LogP contribution < -0.4 is 20.8 Å². The molecule has 0 spiro atoms. The molecule has 2 aromatic carbocycles. The van der Waals surface area contributed by atoms with Gasteiger partial charge in [0.25, 0.3) is 0 Å². The van der Waals surface area contributed by atoms with Crippen molar-refractivity contribution in [1.29, 1.82) is 0 Å². The van der Waals surface area contributed by atoms with Crippen molar-refractivity contribution in [2.24, 2.45) is 9.98 Å². The van der Waals surface area contributed by atoms with Crippen LogP contribution in [0.25, 0.3) is 0 Å². The fourth-order valence-corrected chi connectivity index (χ4v) is 3.60. The molecule has 31 heavy (non-hydrogen) atoms. The van der Waals surface area contributed by atoms with Crippen molar-refractivity contribution in [3.63, 3.8) is 0 Å². The molecule has 1 aliphatic heterocycles. The van der Waals surface area contributed by atoms with E-state index in [1.165, 1.54) is 0 Å². The van der Waals surface area contributed by atoms with Gasteiger partial charge in [-0.3, -0.25) is 0 Å². The zero-order chi connectivity index (χ0) is 21.0. The van der Waals surface area contributed by atoms with Crippen molar-refractivity contribution in [1.82, 2.24) is 10.6 Å². The van der Waals surface area contributed by atoms with Crippen molar-refractivity contribution in [2.45, 2.75) is 37.8 Å². The third-order valence-electron chi connectivity index (χ3n) is 5.05. The SMILES string of the molecule is [Ni+2].[O-]C1=N[C@@H](Cc2ccccc2)CNCCCNC[C@H](Cc2ccccc2)N=C([O-])C1. The molecule has 0 saturated carbocycles. The number of nitrogens with one attached hydrogen (secondary N) is 2. The Morgan fingerprint density at radius 2 is 1.13 bits per heavy atom. The van der Waals surface area contributed by atoms with E-state index in [-0.39, 0.29) is 35.0 Å². The summed E-state index contributed by atoms with van der Waals surface area (Å²) in [6, 6.07) is 19.6. The maximum Gasteiger partial charge on any atom is 2.00 e. The van der Waals surface area contributed by atoms with Gasteiger partial charge in [-0.15, -0.1) is 0 Å². The Morgan fingerprint density at radius 1 is 0.710 bits per heavy atom. The normalized spacial score (nSPS) is 21.2. The van der Waals surface area contributed by atoms with Crippen molar-refractivity contribution >= 4 is 11.8 Å². The quantitative estimate of drug-likeness (QED) is 0.651. The predicted molar refractivity (Wildman–Crippen MR) is 118 cm³/mol. The summed E-state index contributed by atoms with van der Waals surface area (Å²) < 4.78 is 0. The second-order valence-corrected chi connectivity index (χ2v) is 7.67. The first-order valence-electron chi connectivity index (χ1n) is 10.7. The van der Waals surface area contributed by atoms with Gasteiger partial charge in [0.1, 0.15) is 0 Å². The van der Waals surface area contributed by atoms with E-state index < -0.39 is 11.8 Å². The molecule has 3 rings (SSSR count). The summed E-state index contributed by atoms with van der Waals surface area (Å²) in [6.45, 7) is 2.92. The maximum atomic E-state index is 12.4. The first-order chi connectivity index (χ1) is 14.7. The minimum Gasteiger partial charge on any atom is -0.862 e. The molecule has 0 amide bonds. The van der Waals surface area contributed by atoms with Gasteiger partial charge in [0.2, 0.25) is 0 Å². The van der Waals surface area contributed by atoms with Crippen LogP contribution in [0.3, 0.4) is 0 Å².